The van der Waals surface area contributed by atoms with Gasteiger partial charge in [-0.05, 0) is 55.3 Å². The predicted molar refractivity (Wildman–Crippen MR) is 65.6 cm³/mol. The minimum absolute atomic E-state index is 0.785. The minimum atomic E-state index is 0.785. The van der Waals surface area contributed by atoms with Crippen LogP contribution >= 0.6 is 0 Å². The van der Waals surface area contributed by atoms with Crippen molar-refractivity contribution in [3.8, 4) is 0 Å². The summed E-state index contributed by atoms with van der Waals surface area (Å²) in [4.78, 5) is 0. The Morgan fingerprint density at radius 2 is 1.93 bits per heavy atom. The number of hydrogen-bond donors (Lipinski definition) is 1. The molecule has 80 valence electrons. The number of allylic oxidation sites excluding steroid dienone is 2. The molecule has 1 nitrogen and oxygen atoms in total. The summed E-state index contributed by atoms with van der Waals surface area (Å²) >= 11 is 0. The molecule has 1 aliphatic rings. The van der Waals surface area contributed by atoms with Crippen molar-refractivity contribution in [1.29, 1.82) is 0 Å². The van der Waals surface area contributed by atoms with Crippen LogP contribution < -0.4 is 5.73 Å². The van der Waals surface area contributed by atoms with E-state index in [2.05, 4.69) is 30.3 Å². The van der Waals surface area contributed by atoms with Crippen LogP contribution in [0.2, 0.25) is 0 Å². The highest BCUT2D eigenvalue weighted by Gasteiger charge is 2.06. The van der Waals surface area contributed by atoms with Crippen molar-refractivity contribution in [3.63, 3.8) is 0 Å². The first kappa shape index (κ1) is 10.4. The van der Waals surface area contributed by atoms with Crippen molar-refractivity contribution in [1.82, 2.24) is 0 Å². The van der Waals surface area contributed by atoms with Crippen molar-refractivity contribution in [2.45, 2.75) is 32.1 Å². The number of rotatable bonds is 4. The summed E-state index contributed by atoms with van der Waals surface area (Å²) in [6, 6.07) is 8.99. The summed E-state index contributed by atoms with van der Waals surface area (Å²) in [5, 5.41) is 0. The maximum absolute atomic E-state index is 5.50. The molecule has 1 aromatic rings. The second kappa shape index (κ2) is 5.13. The number of aryl methyl sites for hydroxylation is 1. The van der Waals surface area contributed by atoms with E-state index in [0.717, 1.165) is 19.4 Å². The van der Waals surface area contributed by atoms with E-state index >= 15 is 0 Å². The van der Waals surface area contributed by atoms with Crippen LogP contribution in [0.1, 0.15) is 36.8 Å². The fraction of sp³-hybridized carbons (Fsp3) is 0.429. The van der Waals surface area contributed by atoms with E-state index in [1.54, 1.807) is 0 Å². The molecule has 0 spiro atoms. The maximum atomic E-state index is 5.50. The van der Waals surface area contributed by atoms with Gasteiger partial charge >= 0.3 is 0 Å². The molecule has 15 heavy (non-hydrogen) atoms. The molecule has 2 rings (SSSR count). The largest absolute Gasteiger partial charge is 0.330 e. The monoisotopic (exact) mass is 201 g/mol. The van der Waals surface area contributed by atoms with Crippen LogP contribution in [-0.4, -0.2) is 6.54 Å². The van der Waals surface area contributed by atoms with Gasteiger partial charge in [0.15, 0.2) is 0 Å². The Morgan fingerprint density at radius 1 is 1.13 bits per heavy atom. The standard InChI is InChI=1S/C14H19N/c15-11-3-4-12-7-9-14(10-8-12)13-5-1-2-6-13/h5,7-10H,1-4,6,11,15H2. The van der Waals surface area contributed by atoms with Gasteiger partial charge in [-0.25, -0.2) is 0 Å². The van der Waals surface area contributed by atoms with Gasteiger partial charge < -0.3 is 5.73 Å². The molecule has 1 aliphatic carbocycles. The van der Waals surface area contributed by atoms with Crippen LogP contribution in [0.5, 0.6) is 0 Å². The summed E-state index contributed by atoms with van der Waals surface area (Å²) in [6.45, 7) is 0.785. The molecule has 0 heterocycles. The average molecular weight is 201 g/mol. The lowest BCUT2D eigenvalue weighted by molar-refractivity contribution is 0.832. The molecule has 0 amide bonds. The molecule has 2 N–H and O–H groups in total. The van der Waals surface area contributed by atoms with Crippen LogP contribution in [0.25, 0.3) is 5.57 Å². The van der Waals surface area contributed by atoms with Gasteiger partial charge in [0.05, 0.1) is 0 Å². The summed E-state index contributed by atoms with van der Waals surface area (Å²) in [5.74, 6) is 0. The highest BCUT2D eigenvalue weighted by atomic mass is 14.5. The third kappa shape index (κ3) is 2.69. The molecular weight excluding hydrogens is 182 g/mol. The summed E-state index contributed by atoms with van der Waals surface area (Å²) in [6.07, 6.45) is 8.39. The van der Waals surface area contributed by atoms with Crippen molar-refractivity contribution in [2.24, 2.45) is 5.73 Å². The van der Waals surface area contributed by atoms with Crippen molar-refractivity contribution < 1.29 is 0 Å². The van der Waals surface area contributed by atoms with E-state index < -0.39 is 0 Å². The Morgan fingerprint density at radius 3 is 2.53 bits per heavy atom. The zero-order valence-electron chi connectivity index (χ0n) is 9.21. The lowest BCUT2D eigenvalue weighted by atomic mass is 10.0. The zero-order valence-corrected chi connectivity index (χ0v) is 9.21. The molecule has 0 fully saturated rings. The maximum Gasteiger partial charge on any atom is -0.00741 e. The highest BCUT2D eigenvalue weighted by molar-refractivity contribution is 5.67. The second-order valence-electron chi connectivity index (χ2n) is 4.21. The first-order valence-corrected chi connectivity index (χ1v) is 5.88. The third-order valence-corrected chi connectivity index (χ3v) is 3.04. The lowest BCUT2D eigenvalue weighted by Crippen LogP contribution is -2.00. The summed E-state index contributed by atoms with van der Waals surface area (Å²) in [7, 11) is 0. The summed E-state index contributed by atoms with van der Waals surface area (Å²) < 4.78 is 0. The van der Waals surface area contributed by atoms with E-state index in [-0.39, 0.29) is 0 Å². The van der Waals surface area contributed by atoms with Gasteiger partial charge in [0, 0.05) is 0 Å². The molecule has 0 aromatic heterocycles. The molecule has 1 heteroatoms. The SMILES string of the molecule is NCCCc1ccc(C2=CCCC2)cc1. The smallest absolute Gasteiger partial charge is 0.00741 e. The molecule has 0 aliphatic heterocycles. The summed E-state index contributed by atoms with van der Waals surface area (Å²) in [5.41, 5.74) is 9.84. The van der Waals surface area contributed by atoms with Crippen LogP contribution in [0, 0.1) is 0 Å². The normalized spacial score (nSPS) is 15.4. The van der Waals surface area contributed by atoms with Crippen LogP contribution in [0.15, 0.2) is 30.3 Å². The first-order chi connectivity index (χ1) is 7.40. The second-order valence-corrected chi connectivity index (χ2v) is 4.21. The molecule has 0 bridgehead atoms. The van der Waals surface area contributed by atoms with Gasteiger partial charge in [0.2, 0.25) is 0 Å². The third-order valence-electron chi connectivity index (χ3n) is 3.04. The molecule has 1 aromatic carbocycles. The van der Waals surface area contributed by atoms with Gasteiger partial charge in [-0.15, -0.1) is 0 Å². The van der Waals surface area contributed by atoms with Crippen molar-refractivity contribution >= 4 is 5.57 Å². The van der Waals surface area contributed by atoms with E-state index in [0.29, 0.717) is 0 Å². The fourth-order valence-corrected chi connectivity index (χ4v) is 2.12. The molecule has 0 unspecified atom stereocenters. The average Bonchev–Trinajstić information content (AvgIpc) is 2.80. The predicted octanol–water partition coefficient (Wildman–Crippen LogP) is 3.15. The minimum Gasteiger partial charge on any atom is -0.330 e. The number of benzene rings is 1. The van der Waals surface area contributed by atoms with Gasteiger partial charge in [0.25, 0.3) is 0 Å². The fourth-order valence-electron chi connectivity index (χ4n) is 2.12. The first-order valence-electron chi connectivity index (χ1n) is 5.88. The van der Waals surface area contributed by atoms with Crippen molar-refractivity contribution in [3.05, 3.63) is 41.5 Å². The van der Waals surface area contributed by atoms with Crippen molar-refractivity contribution in [2.75, 3.05) is 6.54 Å². The van der Waals surface area contributed by atoms with Gasteiger partial charge in [0.1, 0.15) is 0 Å². The van der Waals surface area contributed by atoms with Gasteiger partial charge in [-0.1, -0.05) is 30.3 Å². The van der Waals surface area contributed by atoms with Crippen LogP contribution in [-0.2, 0) is 6.42 Å². The molecule has 0 atom stereocenters. The Hall–Kier alpha value is -1.08. The van der Waals surface area contributed by atoms with E-state index in [1.165, 1.54) is 36.0 Å². The Kier molecular flexibility index (Phi) is 3.57. The highest BCUT2D eigenvalue weighted by Crippen LogP contribution is 2.27. The van der Waals surface area contributed by atoms with E-state index in [4.69, 9.17) is 5.73 Å². The van der Waals surface area contributed by atoms with E-state index in [1.807, 2.05) is 0 Å². The van der Waals surface area contributed by atoms with Gasteiger partial charge in [-0.3, -0.25) is 0 Å². The molecule has 0 radical (unpaired) electrons. The molecule has 0 saturated carbocycles. The topological polar surface area (TPSA) is 26.0 Å². The number of hydrogen-bond acceptors (Lipinski definition) is 1. The van der Waals surface area contributed by atoms with Gasteiger partial charge in [-0.2, -0.15) is 0 Å². The molecule has 0 saturated heterocycles. The quantitative estimate of drug-likeness (QED) is 0.795. The van der Waals surface area contributed by atoms with Crippen LogP contribution in [0.4, 0.5) is 0 Å². The Bertz CT molecular complexity index is 335. The zero-order chi connectivity index (χ0) is 10.5. The van der Waals surface area contributed by atoms with Crippen LogP contribution in [0.3, 0.4) is 0 Å². The van der Waals surface area contributed by atoms with E-state index in [9.17, 15) is 0 Å². The Balaban J connectivity index is 2.03. The lowest BCUT2D eigenvalue weighted by Gasteiger charge is -2.04. The Labute approximate surface area is 92.0 Å². The number of nitrogens with two attached hydrogens (primary N) is 1. The molecular formula is C14H19N.